The lowest BCUT2D eigenvalue weighted by atomic mass is 10.1. The quantitative estimate of drug-likeness (QED) is 0.530. The minimum Gasteiger partial charge on any atom is -0.316 e. The molecule has 18 heavy (non-hydrogen) atoms. The van der Waals surface area contributed by atoms with Crippen LogP contribution >= 0.6 is 0 Å². The molecule has 0 aromatic carbocycles. The smallest absolute Gasteiger partial charge is 0.316 e. The van der Waals surface area contributed by atoms with Gasteiger partial charge in [0.05, 0.1) is 6.42 Å². The fourth-order valence-electron chi connectivity index (χ4n) is 0.746. The second kappa shape index (κ2) is 16.2. The molecule has 0 unspecified atom stereocenters. The molecule has 0 aliphatic rings. The van der Waals surface area contributed by atoms with Crippen molar-refractivity contribution in [1.29, 1.82) is 0 Å². The summed E-state index contributed by atoms with van der Waals surface area (Å²) in [6.07, 6.45) is -0.867. The highest BCUT2D eigenvalue weighted by atomic mass is 19.4. The Labute approximate surface area is 110 Å². The third-order valence-electron chi connectivity index (χ3n) is 1.77. The summed E-state index contributed by atoms with van der Waals surface area (Å²) >= 11 is 0. The normalized spacial score (nSPS) is 9.94. The van der Waals surface area contributed by atoms with Gasteiger partial charge in [0.15, 0.2) is 0 Å². The van der Waals surface area contributed by atoms with Crippen molar-refractivity contribution in [2.24, 2.45) is 5.92 Å². The molecule has 0 aromatic heterocycles. The predicted molar refractivity (Wildman–Crippen MR) is 74.7 cm³/mol. The van der Waals surface area contributed by atoms with Crippen molar-refractivity contribution >= 4 is 0 Å². The summed E-state index contributed by atoms with van der Waals surface area (Å²) in [6.45, 7) is 16.3. The van der Waals surface area contributed by atoms with Crippen molar-refractivity contribution < 1.29 is 13.2 Å². The summed E-state index contributed by atoms with van der Waals surface area (Å²) in [5.41, 5.74) is 0. The summed E-state index contributed by atoms with van der Waals surface area (Å²) in [5, 5.41) is 2.75. The van der Waals surface area contributed by atoms with E-state index in [1.165, 1.54) is 0 Å². The number of nitrogens with one attached hydrogen (secondary N) is 1. The monoisotopic (exact) mass is 267 g/mol. The van der Waals surface area contributed by atoms with E-state index in [2.05, 4.69) is 32.0 Å². The minimum absolute atomic E-state index is 0.0379. The first-order valence-electron chi connectivity index (χ1n) is 6.21. The van der Waals surface area contributed by atoms with Crippen LogP contribution < -0.4 is 5.32 Å². The lowest BCUT2D eigenvalue weighted by molar-refractivity contribution is -0.133. The Kier molecular flexibility index (Phi) is 20.2. The van der Waals surface area contributed by atoms with Crippen molar-refractivity contribution in [3.05, 3.63) is 25.8 Å². The largest absolute Gasteiger partial charge is 0.390 e. The maximum absolute atomic E-state index is 11.6. The van der Waals surface area contributed by atoms with Crippen LogP contribution in [0.2, 0.25) is 0 Å². The third kappa shape index (κ3) is 36.2. The molecule has 0 radical (unpaired) electrons. The van der Waals surface area contributed by atoms with Gasteiger partial charge in [-0.15, -0.1) is 19.7 Å². The highest BCUT2D eigenvalue weighted by molar-refractivity contribution is 4.60. The van der Waals surface area contributed by atoms with Gasteiger partial charge < -0.3 is 5.32 Å². The Morgan fingerprint density at radius 3 is 1.89 bits per heavy atom. The highest BCUT2D eigenvalue weighted by Gasteiger charge is 2.25. The van der Waals surface area contributed by atoms with E-state index in [0.29, 0.717) is 12.5 Å². The molecule has 0 aliphatic heterocycles. The Morgan fingerprint density at radius 1 is 1.17 bits per heavy atom. The van der Waals surface area contributed by atoms with E-state index in [1.54, 1.807) is 0 Å². The molecule has 1 nitrogen and oxygen atoms in total. The van der Waals surface area contributed by atoms with Crippen LogP contribution in [-0.2, 0) is 0 Å². The highest BCUT2D eigenvalue weighted by Crippen LogP contribution is 2.18. The molecule has 0 bridgehead atoms. The van der Waals surface area contributed by atoms with Crippen molar-refractivity contribution in [2.75, 3.05) is 13.1 Å². The van der Waals surface area contributed by atoms with Crippen molar-refractivity contribution in [3.63, 3.8) is 0 Å². The van der Waals surface area contributed by atoms with Gasteiger partial charge in [-0.2, -0.15) is 13.2 Å². The molecule has 0 atom stereocenters. The van der Waals surface area contributed by atoms with Crippen LogP contribution in [0.3, 0.4) is 0 Å². The molecule has 0 amide bonds. The number of rotatable bonds is 6. The maximum atomic E-state index is 11.6. The average molecular weight is 267 g/mol. The van der Waals surface area contributed by atoms with Crippen LogP contribution in [0.1, 0.15) is 40.0 Å². The average Bonchev–Trinajstić information content (AvgIpc) is 2.30. The zero-order chi connectivity index (χ0) is 15.0. The van der Waals surface area contributed by atoms with E-state index in [9.17, 15) is 13.2 Å². The summed E-state index contributed by atoms with van der Waals surface area (Å²) < 4.78 is 34.8. The number of hydrogen-bond donors (Lipinski definition) is 1. The van der Waals surface area contributed by atoms with Gasteiger partial charge in [-0.3, -0.25) is 0 Å². The van der Waals surface area contributed by atoms with Crippen LogP contribution in [-0.4, -0.2) is 19.3 Å². The van der Waals surface area contributed by atoms with Gasteiger partial charge in [0.1, 0.15) is 0 Å². The lowest BCUT2D eigenvalue weighted by Crippen LogP contribution is -2.23. The van der Waals surface area contributed by atoms with Gasteiger partial charge in [-0.1, -0.05) is 26.8 Å². The Morgan fingerprint density at radius 2 is 1.61 bits per heavy atom. The molecule has 110 valence electrons. The van der Waals surface area contributed by atoms with E-state index in [1.807, 2.05) is 19.9 Å². The summed E-state index contributed by atoms with van der Waals surface area (Å²) in [5.74, 6) is 0.545. The Bertz CT molecular complexity index is 165. The molecule has 0 spiro atoms. The Hall–Kier alpha value is -0.770. The van der Waals surface area contributed by atoms with Crippen molar-refractivity contribution in [2.45, 2.75) is 46.2 Å². The predicted octanol–water partition coefficient (Wildman–Crippen LogP) is 4.96. The molecule has 0 fully saturated rings. The van der Waals surface area contributed by atoms with Crippen molar-refractivity contribution in [3.8, 4) is 0 Å². The molecule has 0 aromatic rings. The lowest BCUT2D eigenvalue weighted by Gasteiger charge is -2.08. The molecule has 0 rings (SSSR count). The van der Waals surface area contributed by atoms with E-state index < -0.39 is 12.6 Å². The van der Waals surface area contributed by atoms with Crippen molar-refractivity contribution in [1.82, 2.24) is 5.32 Å². The van der Waals surface area contributed by atoms with Crippen LogP contribution in [0.15, 0.2) is 25.8 Å². The first kappa shape index (κ1) is 22.4. The number of hydrogen-bond acceptors (Lipinski definition) is 1. The van der Waals surface area contributed by atoms with Crippen LogP contribution in [0.25, 0.3) is 0 Å². The summed E-state index contributed by atoms with van der Waals surface area (Å²) in [7, 11) is 0. The standard InChI is InChI=1S/C8H16F3N.C4H8.C2H4/c1-7(2)3-5-12-6-4-8(9,10)11;1-3-4-2;1-2/h7,12H,3-6H2,1-2H3;3H,1,4H2,2H3;1-2H2. The fourth-order valence-corrected chi connectivity index (χ4v) is 0.746. The zero-order valence-corrected chi connectivity index (χ0v) is 11.9. The molecule has 0 saturated carbocycles. The second-order valence-corrected chi connectivity index (χ2v) is 3.99. The number of allylic oxidation sites excluding steroid dienone is 1. The van der Waals surface area contributed by atoms with E-state index in [0.717, 1.165) is 12.8 Å². The van der Waals surface area contributed by atoms with Crippen LogP contribution in [0.5, 0.6) is 0 Å². The van der Waals surface area contributed by atoms with Gasteiger partial charge in [-0.05, 0) is 25.3 Å². The number of halogens is 3. The molecule has 4 heteroatoms. The van der Waals surface area contributed by atoms with Gasteiger partial charge in [0, 0.05) is 6.54 Å². The first-order chi connectivity index (χ1) is 8.33. The molecule has 1 N–H and O–H groups in total. The molecule has 0 saturated heterocycles. The molecular weight excluding hydrogens is 239 g/mol. The van der Waals surface area contributed by atoms with E-state index in [4.69, 9.17) is 0 Å². The molecular formula is C14H28F3N. The van der Waals surface area contributed by atoms with E-state index in [-0.39, 0.29) is 6.54 Å². The SMILES string of the molecule is C=C.C=CCC.CC(C)CCNCCC(F)(F)F. The van der Waals surface area contributed by atoms with Gasteiger partial charge in [-0.25, -0.2) is 0 Å². The molecule has 0 aliphatic carbocycles. The Balaban J connectivity index is -0.000000317. The van der Waals surface area contributed by atoms with Crippen LogP contribution in [0, 0.1) is 5.92 Å². The van der Waals surface area contributed by atoms with Gasteiger partial charge >= 0.3 is 6.18 Å². The second-order valence-electron chi connectivity index (χ2n) is 3.99. The third-order valence-corrected chi connectivity index (χ3v) is 1.77. The fraction of sp³-hybridized carbons (Fsp3) is 0.714. The first-order valence-corrected chi connectivity index (χ1v) is 6.21. The zero-order valence-electron chi connectivity index (χ0n) is 11.9. The van der Waals surface area contributed by atoms with Gasteiger partial charge in [0.25, 0.3) is 0 Å². The summed E-state index contributed by atoms with van der Waals surface area (Å²) in [4.78, 5) is 0. The van der Waals surface area contributed by atoms with Crippen LogP contribution in [0.4, 0.5) is 13.2 Å². The van der Waals surface area contributed by atoms with Gasteiger partial charge in [0.2, 0.25) is 0 Å². The van der Waals surface area contributed by atoms with E-state index >= 15 is 0 Å². The molecule has 0 heterocycles. The summed E-state index contributed by atoms with van der Waals surface area (Å²) in [6, 6.07) is 0. The minimum atomic E-state index is -4.02. The topological polar surface area (TPSA) is 12.0 Å². The maximum Gasteiger partial charge on any atom is 0.390 e. The number of alkyl halides is 3.